The van der Waals surface area contributed by atoms with Crippen LogP contribution in [0.5, 0.6) is 5.75 Å². The summed E-state index contributed by atoms with van der Waals surface area (Å²) in [5.41, 5.74) is 0.0706. The molecule has 20 atom stereocenters. The molecular formula is C48H77N4O25S-. The van der Waals surface area contributed by atoms with Crippen LogP contribution in [0.1, 0.15) is 95.8 Å². The zero-order valence-electron chi connectivity index (χ0n) is 43.7. The maximum absolute atomic E-state index is 13.8. The Labute approximate surface area is 451 Å². The van der Waals surface area contributed by atoms with Crippen molar-refractivity contribution in [3.8, 4) is 5.75 Å². The van der Waals surface area contributed by atoms with Crippen LogP contribution in [-0.2, 0) is 62.1 Å². The summed E-state index contributed by atoms with van der Waals surface area (Å²) in [6.07, 6.45) is -19.6. The molecule has 4 aliphatic heterocycles. The summed E-state index contributed by atoms with van der Waals surface area (Å²) < 4.78 is 85.7. The van der Waals surface area contributed by atoms with Gasteiger partial charge >= 0.3 is 0 Å². The fourth-order valence-corrected chi connectivity index (χ4v) is 9.94. The van der Waals surface area contributed by atoms with Gasteiger partial charge in [0.15, 0.2) is 25.2 Å². The topological polar surface area (TPSA) is 439 Å². The van der Waals surface area contributed by atoms with Crippen LogP contribution in [-0.4, -0.2) is 238 Å². The van der Waals surface area contributed by atoms with Crippen LogP contribution in [0.25, 0.3) is 0 Å². The highest BCUT2D eigenvalue weighted by molar-refractivity contribution is 7.80. The lowest BCUT2D eigenvalue weighted by molar-refractivity contribution is -0.361. The quantitative estimate of drug-likeness (QED) is 0.0214. The Morgan fingerprint density at radius 2 is 1.00 bits per heavy atom. The van der Waals surface area contributed by atoms with Gasteiger partial charge in [-0.2, -0.15) is 0 Å². The second-order valence-corrected chi connectivity index (χ2v) is 20.6. The van der Waals surface area contributed by atoms with Crippen LogP contribution >= 0.6 is 0 Å². The predicted octanol–water partition coefficient (Wildman–Crippen LogP) is -4.49. The molecule has 4 heterocycles. The minimum Gasteiger partial charge on any atom is -0.726 e. The summed E-state index contributed by atoms with van der Waals surface area (Å²) in [5.74, 6) is -2.84. The Kier molecular flexibility index (Phi) is 25.7. The van der Waals surface area contributed by atoms with Gasteiger partial charge in [-0.25, -0.2) is 8.42 Å². The molecule has 0 saturated carbocycles. The molecule has 0 spiro atoms. The third-order valence-corrected chi connectivity index (χ3v) is 14.0. The molecule has 446 valence electrons. The first-order valence-corrected chi connectivity index (χ1v) is 27.3. The molecule has 0 aliphatic carbocycles. The number of benzene rings is 1. The van der Waals surface area contributed by atoms with Crippen LogP contribution < -0.4 is 26.0 Å². The number of aliphatic hydroxyl groups is 9. The molecule has 8 unspecified atom stereocenters. The molecule has 30 heteroatoms. The van der Waals surface area contributed by atoms with E-state index in [-0.39, 0.29) is 5.56 Å². The zero-order chi connectivity index (χ0) is 57.4. The number of carbonyl (C=O) groups excluding carboxylic acids is 4. The second-order valence-electron chi connectivity index (χ2n) is 19.6. The van der Waals surface area contributed by atoms with Crippen molar-refractivity contribution in [2.24, 2.45) is 0 Å². The molecule has 78 heavy (non-hydrogen) atoms. The first-order chi connectivity index (χ1) is 37.0. The van der Waals surface area contributed by atoms with E-state index in [1.165, 1.54) is 44.2 Å². The highest BCUT2D eigenvalue weighted by atomic mass is 32.3. The Morgan fingerprint density at radius 1 is 0.564 bits per heavy atom. The van der Waals surface area contributed by atoms with Crippen molar-refractivity contribution in [1.82, 2.24) is 21.3 Å². The van der Waals surface area contributed by atoms with Crippen molar-refractivity contribution in [3.63, 3.8) is 0 Å². The van der Waals surface area contributed by atoms with Crippen LogP contribution in [0.15, 0.2) is 24.3 Å². The van der Waals surface area contributed by atoms with E-state index in [4.69, 9.17) is 37.9 Å². The molecule has 4 amide bonds. The summed E-state index contributed by atoms with van der Waals surface area (Å²) in [4.78, 5) is 51.1. The minimum absolute atomic E-state index is 0.0706. The standard InChI is InChI=1S/C48H78N4O25S/c1-5-6-7-8-9-10-11-12-13-17-69-27-16-14-15-26(18-27)44(64)52-33-37(60)36(59)28(19-53)72-46(33)75-41-29(20-54)73-47(34(39(41)62)50-24(3)57)76-42-30(21-55)74-48(35(40(42)63)51-25(4)58)77-43-31(22-70-78(66,67)68)71-45(65)32(38(43)61)49-23(2)56/h14-16,18,28-43,45-48,53-55,59-63,65H,5-13,17,19-22H2,1-4H3,(H,49,56)(H,50,57)(H,51,58)(H,52,64)(H,66,67,68)/p-1/t28?,29-,30?,31-,32?,33?,34?,35-,36+,37+,38?,39?,40+,41+,42?,43+,45+,46-,47-,48-/m0/s1. The predicted molar refractivity (Wildman–Crippen MR) is 262 cm³/mol. The second kappa shape index (κ2) is 30.8. The first kappa shape index (κ1) is 64.9. The lowest BCUT2D eigenvalue weighted by Crippen LogP contribution is -2.71. The monoisotopic (exact) mass is 1140 g/mol. The van der Waals surface area contributed by atoms with Gasteiger partial charge in [0, 0.05) is 26.3 Å². The van der Waals surface area contributed by atoms with E-state index in [0.717, 1.165) is 46.5 Å². The Hall–Kier alpha value is -3.87. The van der Waals surface area contributed by atoms with Crippen molar-refractivity contribution in [1.29, 1.82) is 0 Å². The number of aliphatic hydroxyl groups excluding tert-OH is 9. The Balaban J connectivity index is 1.34. The lowest BCUT2D eigenvalue weighted by Gasteiger charge is -2.51. The van der Waals surface area contributed by atoms with E-state index in [1.807, 2.05) is 0 Å². The van der Waals surface area contributed by atoms with Gasteiger partial charge in [-0.15, -0.1) is 0 Å². The van der Waals surface area contributed by atoms with Gasteiger partial charge in [0.1, 0.15) is 103 Å². The summed E-state index contributed by atoms with van der Waals surface area (Å²) in [7, 11) is -5.41. The third-order valence-electron chi connectivity index (χ3n) is 13.6. The lowest BCUT2D eigenvalue weighted by atomic mass is 9.93. The average molecular weight is 1140 g/mol. The first-order valence-electron chi connectivity index (χ1n) is 26.0. The zero-order valence-corrected chi connectivity index (χ0v) is 44.5. The van der Waals surface area contributed by atoms with Gasteiger partial charge < -0.3 is 110 Å². The van der Waals surface area contributed by atoms with E-state index < -0.39 is 183 Å². The molecule has 1 aromatic carbocycles. The summed E-state index contributed by atoms with van der Waals surface area (Å²) in [5, 5.41) is 109. The Bertz CT molecular complexity index is 2170. The van der Waals surface area contributed by atoms with Crippen LogP contribution in [0.4, 0.5) is 0 Å². The SMILES string of the molecule is CCCCCCCCCCCOc1cccc(C(=O)NC2[C@H](O[C@H]3C(O)C(NC(C)=O)[C@H](OC4C(CO)O[C@@H](O[C@H]5C(O)C(NC(C)=O)[C@H](O)O[C@H]5COS(=O)(=O)[O-])[C@@H](NC(C)=O)[C@H]4O)O[C@H]3CO)OC(CO)[C@@H](O)[C@@H]2O)c1. The van der Waals surface area contributed by atoms with E-state index in [9.17, 15) is 78.1 Å². The molecule has 5 rings (SSSR count). The molecule has 0 radical (unpaired) electrons. The Morgan fingerprint density at radius 3 is 1.47 bits per heavy atom. The summed E-state index contributed by atoms with van der Waals surface area (Å²) in [6, 6.07) is -0.636. The largest absolute Gasteiger partial charge is 0.726 e. The van der Waals surface area contributed by atoms with Crippen molar-refractivity contribution in [2.45, 2.75) is 208 Å². The number of unbranched alkanes of at least 4 members (excludes halogenated alkanes) is 8. The van der Waals surface area contributed by atoms with Gasteiger partial charge in [-0.1, -0.05) is 64.4 Å². The molecule has 1 aromatic rings. The molecule has 4 fully saturated rings. The summed E-state index contributed by atoms with van der Waals surface area (Å²) >= 11 is 0. The number of amides is 4. The van der Waals surface area contributed by atoms with E-state index in [2.05, 4.69) is 32.4 Å². The average Bonchev–Trinajstić information content (AvgIpc) is 3.47. The van der Waals surface area contributed by atoms with Gasteiger partial charge in [0.2, 0.25) is 28.1 Å². The van der Waals surface area contributed by atoms with Crippen molar-refractivity contribution < 1.29 is 120 Å². The number of carbonyl (C=O) groups is 4. The number of ether oxygens (including phenoxy) is 8. The molecule has 29 nitrogen and oxygen atoms in total. The van der Waals surface area contributed by atoms with E-state index >= 15 is 0 Å². The number of rotatable bonds is 28. The van der Waals surface area contributed by atoms with Crippen LogP contribution in [0, 0.1) is 0 Å². The number of hydrogen-bond acceptors (Lipinski definition) is 25. The van der Waals surface area contributed by atoms with Crippen LogP contribution in [0.3, 0.4) is 0 Å². The van der Waals surface area contributed by atoms with Gasteiger partial charge in [0.05, 0.1) is 33.0 Å². The number of hydrogen-bond donors (Lipinski definition) is 13. The molecule has 4 saturated heterocycles. The third kappa shape index (κ3) is 18.1. The fourth-order valence-electron chi connectivity index (χ4n) is 9.64. The van der Waals surface area contributed by atoms with Crippen molar-refractivity contribution in [2.75, 3.05) is 33.0 Å². The fraction of sp³-hybridized carbons (Fsp3) is 0.792. The van der Waals surface area contributed by atoms with Crippen molar-refractivity contribution >= 4 is 34.0 Å². The van der Waals surface area contributed by atoms with Crippen molar-refractivity contribution in [3.05, 3.63) is 29.8 Å². The summed E-state index contributed by atoms with van der Waals surface area (Å²) in [6.45, 7) is 1.58. The van der Waals surface area contributed by atoms with E-state index in [1.54, 1.807) is 12.1 Å². The normalized spacial score (nSPS) is 35.3. The minimum atomic E-state index is -5.41. The highest BCUT2D eigenvalue weighted by Crippen LogP contribution is 2.35. The number of nitrogens with one attached hydrogen (secondary N) is 4. The van der Waals surface area contributed by atoms with Crippen LogP contribution in [0.2, 0.25) is 0 Å². The van der Waals surface area contributed by atoms with Gasteiger partial charge in [0.25, 0.3) is 5.91 Å². The highest BCUT2D eigenvalue weighted by Gasteiger charge is 2.56. The maximum atomic E-state index is 13.8. The maximum Gasteiger partial charge on any atom is 0.251 e. The molecule has 0 aromatic heterocycles. The molecular weight excluding hydrogens is 1060 g/mol. The van der Waals surface area contributed by atoms with E-state index in [0.29, 0.717) is 12.4 Å². The molecule has 0 bridgehead atoms. The smallest absolute Gasteiger partial charge is 0.251 e. The van der Waals surface area contributed by atoms with Gasteiger partial charge in [-0.05, 0) is 24.6 Å². The molecule has 13 N–H and O–H groups in total. The van der Waals surface area contributed by atoms with Gasteiger partial charge in [-0.3, -0.25) is 23.4 Å². The molecule has 4 aliphatic rings.